The minimum absolute atomic E-state index is 0.0349. The summed E-state index contributed by atoms with van der Waals surface area (Å²) in [6, 6.07) is 9.72. The summed E-state index contributed by atoms with van der Waals surface area (Å²) in [5.41, 5.74) is 1.02. The molecular weight excluding hydrogens is 624 g/mol. The van der Waals surface area contributed by atoms with Crippen LogP contribution in [0, 0.1) is 17.8 Å². The van der Waals surface area contributed by atoms with Crippen molar-refractivity contribution < 1.29 is 29.0 Å². The lowest BCUT2D eigenvalue weighted by Gasteiger charge is -2.40. The molecule has 49 heavy (non-hydrogen) atoms. The monoisotopic (exact) mass is 682 g/mol. The van der Waals surface area contributed by atoms with E-state index in [4.69, 9.17) is 9.47 Å². The molecule has 1 aliphatic rings. The normalized spacial score (nSPS) is 19.0. The Hall–Kier alpha value is -3.61. The Morgan fingerprint density at radius 1 is 1.04 bits per heavy atom. The second-order valence-electron chi connectivity index (χ2n) is 13.6. The van der Waals surface area contributed by atoms with Gasteiger partial charge < -0.3 is 35.0 Å². The van der Waals surface area contributed by atoms with E-state index in [1.165, 1.54) is 0 Å². The smallest absolute Gasteiger partial charge is 0.245 e. The average Bonchev–Trinajstić information content (AvgIpc) is 3.60. The van der Waals surface area contributed by atoms with Crippen molar-refractivity contribution >= 4 is 23.7 Å². The number of nitrogens with one attached hydrogen (secondary N) is 2. The number of hydrogen-bond donors (Lipinski definition) is 3. The molecule has 8 atom stereocenters. The lowest BCUT2D eigenvalue weighted by atomic mass is 9.89. The molecule has 0 radical (unpaired) electrons. The highest BCUT2D eigenvalue weighted by molar-refractivity contribution is 5.85. The Bertz CT molecular complexity index is 1300. The van der Waals surface area contributed by atoms with Crippen LogP contribution in [0.3, 0.4) is 0 Å². The topological polar surface area (TPSA) is 146 Å². The molecule has 3 rings (SSSR count). The number of carbonyl (C=O) groups is 3. The third-order valence-corrected chi connectivity index (χ3v) is 9.93. The molecule has 3 N–H and O–H groups in total. The summed E-state index contributed by atoms with van der Waals surface area (Å²) in [4.78, 5) is 53.6. The number of aliphatic hydroxyl groups excluding tert-OH is 1. The van der Waals surface area contributed by atoms with Gasteiger partial charge >= 0.3 is 0 Å². The van der Waals surface area contributed by atoms with Crippen LogP contribution in [0.5, 0.6) is 0 Å². The zero-order valence-corrected chi connectivity index (χ0v) is 30.5. The van der Waals surface area contributed by atoms with E-state index in [2.05, 4.69) is 34.4 Å². The van der Waals surface area contributed by atoms with Gasteiger partial charge in [0.1, 0.15) is 6.04 Å². The summed E-state index contributed by atoms with van der Waals surface area (Å²) in [6.45, 7) is 10.2. The molecule has 1 aliphatic heterocycles. The fourth-order valence-corrected chi connectivity index (χ4v) is 6.94. The summed E-state index contributed by atoms with van der Waals surface area (Å²) in [5, 5.41) is 16.2. The molecule has 0 saturated carbocycles. The van der Waals surface area contributed by atoms with Crippen LogP contribution in [0.1, 0.15) is 65.9 Å². The van der Waals surface area contributed by atoms with Crippen LogP contribution in [0.15, 0.2) is 48.8 Å². The maximum atomic E-state index is 14.1. The number of likely N-dealkylation sites (N-methyl/N-ethyl adjacent to an activating group) is 1. The van der Waals surface area contributed by atoms with Crippen molar-refractivity contribution in [2.24, 2.45) is 17.8 Å². The molecule has 0 aliphatic carbocycles. The van der Waals surface area contributed by atoms with Crippen molar-refractivity contribution in [1.29, 1.82) is 0 Å². The Balaban J connectivity index is 1.74. The molecule has 272 valence electrons. The van der Waals surface area contributed by atoms with E-state index in [0.29, 0.717) is 25.3 Å². The van der Waals surface area contributed by atoms with Crippen LogP contribution in [0.25, 0.3) is 0 Å². The number of anilines is 1. The SMILES string of the molecule is CC[C@H](C)[C@@H]([C@H](CC(=O)N1CCC[C@H]1[C@H](OC)[C@@H](C)C(=O)N[C@H](CO)Cc1ccccc1)OC)N(C)C(=O)[C@@H](Nc1ncccn1)C(C)C. The number of aliphatic hydroxyl groups is 1. The summed E-state index contributed by atoms with van der Waals surface area (Å²) < 4.78 is 11.9. The van der Waals surface area contributed by atoms with Gasteiger partial charge in [0.05, 0.1) is 49.3 Å². The fourth-order valence-electron chi connectivity index (χ4n) is 6.94. The molecule has 2 aromatic rings. The number of aromatic nitrogens is 2. The summed E-state index contributed by atoms with van der Waals surface area (Å²) >= 11 is 0. The second kappa shape index (κ2) is 19.5. The van der Waals surface area contributed by atoms with Gasteiger partial charge in [0.15, 0.2) is 0 Å². The molecule has 3 amide bonds. The molecule has 12 heteroatoms. The predicted octanol–water partition coefficient (Wildman–Crippen LogP) is 3.55. The number of amides is 3. The van der Waals surface area contributed by atoms with Gasteiger partial charge in [0.25, 0.3) is 0 Å². The molecular formula is C37H58N6O6. The fraction of sp³-hybridized carbons (Fsp3) is 0.649. The number of nitrogens with zero attached hydrogens (tertiary/aromatic N) is 4. The Morgan fingerprint density at radius 3 is 2.29 bits per heavy atom. The number of methoxy groups -OCH3 is 2. The molecule has 12 nitrogen and oxygen atoms in total. The van der Waals surface area contributed by atoms with Crippen LogP contribution in [0.4, 0.5) is 5.95 Å². The standard InChI is InChI=1S/C37H58N6O6/c1-9-25(4)33(42(6)36(47)32(24(2)3)41-37-38-18-14-19-39-37)30(48-7)22-31(45)43-20-13-17-29(43)34(49-8)26(5)35(46)40-28(23-44)21-27-15-11-10-12-16-27/h10-12,14-16,18-19,24-26,28-30,32-34,44H,9,13,17,20-23H2,1-8H3,(H,40,46)(H,38,39,41)/t25-,26+,28-,29-,30-,32-,33-,34+/m0/s1. The van der Waals surface area contributed by atoms with E-state index in [1.54, 1.807) is 51.6 Å². The summed E-state index contributed by atoms with van der Waals surface area (Å²) in [6.07, 6.45) is 4.97. The van der Waals surface area contributed by atoms with E-state index in [9.17, 15) is 19.5 Å². The van der Waals surface area contributed by atoms with Crippen molar-refractivity contribution in [2.45, 2.75) is 103 Å². The number of benzene rings is 1. The average molecular weight is 683 g/mol. The molecule has 1 fully saturated rings. The quantitative estimate of drug-likeness (QED) is 0.203. The number of likely N-dealkylation sites (tertiary alicyclic amines) is 1. The summed E-state index contributed by atoms with van der Waals surface area (Å²) in [7, 11) is 4.93. The van der Waals surface area contributed by atoms with Crippen molar-refractivity contribution in [3.8, 4) is 0 Å². The largest absolute Gasteiger partial charge is 0.394 e. The van der Waals surface area contributed by atoms with Crippen molar-refractivity contribution in [1.82, 2.24) is 25.1 Å². The molecule has 2 heterocycles. The Labute approximate surface area is 292 Å². The predicted molar refractivity (Wildman–Crippen MR) is 190 cm³/mol. The van der Waals surface area contributed by atoms with Gasteiger partial charge in [-0.05, 0) is 42.7 Å². The van der Waals surface area contributed by atoms with E-state index in [0.717, 1.165) is 18.4 Å². The van der Waals surface area contributed by atoms with Gasteiger partial charge in [0, 0.05) is 40.2 Å². The second-order valence-corrected chi connectivity index (χ2v) is 13.6. The summed E-state index contributed by atoms with van der Waals surface area (Å²) in [5.74, 6) is -0.687. The number of carbonyl (C=O) groups excluding carboxylic acids is 3. The highest BCUT2D eigenvalue weighted by atomic mass is 16.5. The number of hydrogen-bond acceptors (Lipinski definition) is 9. The van der Waals surface area contributed by atoms with Crippen molar-refractivity contribution in [2.75, 3.05) is 39.7 Å². The third kappa shape index (κ3) is 10.7. The lowest BCUT2D eigenvalue weighted by Crippen LogP contribution is -2.56. The van der Waals surface area contributed by atoms with E-state index in [-0.39, 0.29) is 54.7 Å². The van der Waals surface area contributed by atoms with Gasteiger partial charge in [-0.25, -0.2) is 9.97 Å². The van der Waals surface area contributed by atoms with Crippen LogP contribution < -0.4 is 10.6 Å². The molecule has 0 unspecified atom stereocenters. The van der Waals surface area contributed by atoms with Crippen LogP contribution in [0.2, 0.25) is 0 Å². The van der Waals surface area contributed by atoms with Crippen molar-refractivity contribution in [3.63, 3.8) is 0 Å². The van der Waals surface area contributed by atoms with Gasteiger partial charge in [-0.2, -0.15) is 0 Å². The molecule has 1 saturated heterocycles. The number of rotatable bonds is 19. The zero-order valence-electron chi connectivity index (χ0n) is 30.5. The Kier molecular flexibility index (Phi) is 15.9. The molecule has 1 aromatic heterocycles. The molecule has 0 bridgehead atoms. The minimum atomic E-state index is -0.580. The minimum Gasteiger partial charge on any atom is -0.394 e. The van der Waals surface area contributed by atoms with Gasteiger partial charge in [-0.1, -0.05) is 71.4 Å². The highest BCUT2D eigenvalue weighted by Gasteiger charge is 2.42. The van der Waals surface area contributed by atoms with E-state index >= 15 is 0 Å². The molecule has 0 spiro atoms. The van der Waals surface area contributed by atoms with Crippen molar-refractivity contribution in [3.05, 3.63) is 54.4 Å². The van der Waals surface area contributed by atoms with E-state index in [1.807, 2.05) is 49.1 Å². The van der Waals surface area contributed by atoms with Gasteiger partial charge in [-0.15, -0.1) is 0 Å². The van der Waals surface area contributed by atoms with Crippen LogP contribution in [-0.2, 0) is 30.3 Å². The number of ether oxygens (including phenoxy) is 2. The first-order valence-corrected chi connectivity index (χ1v) is 17.6. The maximum absolute atomic E-state index is 14.1. The Morgan fingerprint density at radius 2 is 1.71 bits per heavy atom. The highest BCUT2D eigenvalue weighted by Crippen LogP contribution is 2.30. The first-order valence-electron chi connectivity index (χ1n) is 17.6. The maximum Gasteiger partial charge on any atom is 0.245 e. The van der Waals surface area contributed by atoms with Gasteiger partial charge in [-0.3, -0.25) is 14.4 Å². The van der Waals surface area contributed by atoms with E-state index < -0.39 is 30.2 Å². The van der Waals surface area contributed by atoms with Gasteiger partial charge in [0.2, 0.25) is 23.7 Å². The zero-order chi connectivity index (χ0) is 36.1. The first-order chi connectivity index (χ1) is 23.5. The molecule has 1 aromatic carbocycles. The third-order valence-electron chi connectivity index (χ3n) is 9.93. The lowest BCUT2D eigenvalue weighted by molar-refractivity contribution is -0.146. The first kappa shape index (κ1) is 39.8. The van der Waals surface area contributed by atoms with Crippen LogP contribution in [-0.4, -0.2) is 113 Å². The van der Waals surface area contributed by atoms with Crippen LogP contribution >= 0.6 is 0 Å².